The molecule has 3 aliphatic rings. The number of nitrogens with one attached hydrogen (secondary N) is 1. The van der Waals surface area contributed by atoms with Crippen LogP contribution in [-0.4, -0.2) is 81.8 Å². The van der Waals surface area contributed by atoms with Crippen LogP contribution in [0.1, 0.15) is 116 Å². The highest BCUT2D eigenvalue weighted by atomic mass is 16.2. The molecule has 2 bridgehead atoms. The van der Waals surface area contributed by atoms with Crippen LogP contribution < -0.4 is 0 Å². The van der Waals surface area contributed by atoms with E-state index in [2.05, 4.69) is 97.8 Å². The molecule has 5 heterocycles. The summed E-state index contributed by atoms with van der Waals surface area (Å²) in [5.41, 5.74) is 9.75. The third-order valence-corrected chi connectivity index (χ3v) is 12.1. The molecular weight excluding hydrogens is 631 g/mol. The fourth-order valence-electron chi connectivity index (χ4n) is 9.36. The maximum absolute atomic E-state index is 14.1. The minimum absolute atomic E-state index is 0.119. The zero-order valence-electron chi connectivity index (χ0n) is 31.7. The lowest BCUT2D eigenvalue weighted by Crippen LogP contribution is -2.45. The van der Waals surface area contributed by atoms with E-state index in [1.807, 2.05) is 17.2 Å². The van der Waals surface area contributed by atoms with Gasteiger partial charge in [-0.3, -0.25) is 14.6 Å². The van der Waals surface area contributed by atoms with Gasteiger partial charge in [-0.05, 0) is 158 Å². The van der Waals surface area contributed by atoms with Gasteiger partial charge in [0.05, 0.1) is 16.7 Å². The molecule has 1 N–H and O–H groups in total. The number of rotatable bonds is 12. The first-order valence-electron chi connectivity index (χ1n) is 19.5. The Balaban J connectivity index is 1.08. The van der Waals surface area contributed by atoms with Gasteiger partial charge in [0.15, 0.2) is 0 Å². The van der Waals surface area contributed by atoms with Crippen LogP contribution in [0.2, 0.25) is 0 Å². The maximum atomic E-state index is 14.1. The standard InChI is InChI=1S/C44H57N5O2/c1-29-21-30(2)23-33(22-29)41-40(38-25-35(12-17-39(38)46-41)44(4,5)43(51)49-36-13-14-37(49)16-15-36)31(3)28-47(6)18-8-7-11-32-24-34(27-45-26-32)42(50)48-19-9-10-20-48/h12,17,21-27,31,36-37,46H,7-11,13-16,18-20,28H2,1-6H3. The lowest BCUT2D eigenvalue weighted by molar-refractivity contribution is -0.137. The monoisotopic (exact) mass is 687 g/mol. The van der Waals surface area contributed by atoms with Crippen LogP contribution in [0.15, 0.2) is 54.9 Å². The average molecular weight is 688 g/mol. The number of nitrogens with zero attached hydrogens (tertiary/aromatic N) is 4. The molecule has 2 aromatic heterocycles. The summed E-state index contributed by atoms with van der Waals surface area (Å²) < 4.78 is 0. The highest BCUT2D eigenvalue weighted by molar-refractivity contribution is 5.95. The fraction of sp³-hybridized carbons (Fsp3) is 0.523. The SMILES string of the molecule is Cc1cc(C)cc(-c2[nH]c3ccc(C(C)(C)C(=O)N4C5CCC4CC5)cc3c2C(C)CN(C)CCCCc2cncc(C(=O)N3CCCC3)c2)c1. The molecule has 4 aromatic rings. The normalized spacial score (nSPS) is 19.5. The number of likely N-dealkylation sites (N-methyl/N-ethyl adjacent to an activating group) is 1. The molecule has 0 spiro atoms. The number of H-pyrrole nitrogens is 1. The molecule has 7 rings (SSSR count). The van der Waals surface area contributed by atoms with E-state index in [1.165, 1.54) is 33.3 Å². The molecule has 7 heteroatoms. The van der Waals surface area contributed by atoms with Crippen LogP contribution in [0, 0.1) is 13.8 Å². The van der Waals surface area contributed by atoms with Crippen molar-refractivity contribution in [1.29, 1.82) is 0 Å². The largest absolute Gasteiger partial charge is 0.354 e. The molecule has 3 aliphatic heterocycles. The Hall–Kier alpha value is -3.97. The van der Waals surface area contributed by atoms with Crippen LogP contribution in [-0.2, 0) is 16.6 Å². The summed E-state index contributed by atoms with van der Waals surface area (Å²) in [6.07, 6.45) is 13.5. The molecular formula is C44H57N5O2. The van der Waals surface area contributed by atoms with Crippen molar-refractivity contribution in [3.05, 3.63) is 88.2 Å². The van der Waals surface area contributed by atoms with Crippen LogP contribution >= 0.6 is 0 Å². The number of unbranched alkanes of at least 4 members (excludes halogenated alkanes) is 1. The number of benzene rings is 2. The summed E-state index contributed by atoms with van der Waals surface area (Å²) in [4.78, 5) is 41.9. The molecule has 3 fully saturated rings. The zero-order valence-corrected chi connectivity index (χ0v) is 31.7. The number of hydrogen-bond acceptors (Lipinski definition) is 4. The lowest BCUT2D eigenvalue weighted by atomic mass is 9.81. The molecule has 3 saturated heterocycles. The fourth-order valence-corrected chi connectivity index (χ4v) is 9.36. The smallest absolute Gasteiger partial charge is 0.255 e. The van der Waals surface area contributed by atoms with Gasteiger partial charge in [0, 0.05) is 55.0 Å². The van der Waals surface area contributed by atoms with E-state index < -0.39 is 5.41 Å². The molecule has 1 atom stereocenters. The molecule has 2 aromatic carbocycles. The van der Waals surface area contributed by atoms with Gasteiger partial charge in [-0.15, -0.1) is 0 Å². The van der Waals surface area contributed by atoms with Gasteiger partial charge in [-0.25, -0.2) is 0 Å². The maximum Gasteiger partial charge on any atom is 0.255 e. The van der Waals surface area contributed by atoms with Gasteiger partial charge < -0.3 is 19.7 Å². The van der Waals surface area contributed by atoms with Crippen molar-refractivity contribution in [2.75, 3.05) is 33.2 Å². The number of fused-ring (bicyclic) bond motifs is 3. The van der Waals surface area contributed by atoms with E-state index >= 15 is 0 Å². The molecule has 270 valence electrons. The van der Waals surface area contributed by atoms with Crippen LogP contribution in [0.25, 0.3) is 22.2 Å². The van der Waals surface area contributed by atoms with E-state index in [0.29, 0.717) is 12.1 Å². The highest BCUT2D eigenvalue weighted by Gasteiger charge is 2.47. The number of amides is 2. The Morgan fingerprint density at radius 1 is 0.941 bits per heavy atom. The topological polar surface area (TPSA) is 72.5 Å². The summed E-state index contributed by atoms with van der Waals surface area (Å²) >= 11 is 0. The van der Waals surface area contributed by atoms with Crippen molar-refractivity contribution in [2.24, 2.45) is 0 Å². The third kappa shape index (κ3) is 7.24. The van der Waals surface area contributed by atoms with Gasteiger partial charge in [-0.2, -0.15) is 0 Å². The zero-order chi connectivity index (χ0) is 35.9. The van der Waals surface area contributed by atoms with E-state index in [9.17, 15) is 9.59 Å². The summed E-state index contributed by atoms with van der Waals surface area (Å²) in [6, 6.07) is 16.4. The molecule has 2 amide bonds. The van der Waals surface area contributed by atoms with E-state index in [0.717, 1.165) is 106 Å². The number of aryl methyl sites for hydroxylation is 3. The van der Waals surface area contributed by atoms with Gasteiger partial charge in [0.2, 0.25) is 5.91 Å². The first-order valence-corrected chi connectivity index (χ1v) is 19.5. The number of likely N-dealkylation sites (tertiary alicyclic amines) is 1. The van der Waals surface area contributed by atoms with Crippen molar-refractivity contribution in [3.8, 4) is 11.3 Å². The van der Waals surface area contributed by atoms with Crippen LogP contribution in [0.5, 0.6) is 0 Å². The predicted molar refractivity (Wildman–Crippen MR) is 207 cm³/mol. The number of pyridine rings is 1. The van der Waals surface area contributed by atoms with Crippen molar-refractivity contribution in [1.82, 2.24) is 24.7 Å². The van der Waals surface area contributed by atoms with Crippen LogP contribution in [0.4, 0.5) is 0 Å². The second-order valence-corrected chi connectivity index (χ2v) is 16.6. The van der Waals surface area contributed by atoms with Crippen molar-refractivity contribution in [2.45, 2.75) is 116 Å². The minimum atomic E-state index is -0.593. The first kappa shape index (κ1) is 35.4. The number of carbonyl (C=O) groups excluding carboxylic acids is 2. The molecule has 0 radical (unpaired) electrons. The van der Waals surface area contributed by atoms with Crippen molar-refractivity contribution < 1.29 is 9.59 Å². The Morgan fingerprint density at radius 2 is 1.63 bits per heavy atom. The van der Waals surface area contributed by atoms with Gasteiger partial charge in [-0.1, -0.05) is 30.2 Å². The molecule has 0 aliphatic carbocycles. The second kappa shape index (κ2) is 14.6. The van der Waals surface area contributed by atoms with Crippen molar-refractivity contribution in [3.63, 3.8) is 0 Å². The second-order valence-electron chi connectivity index (χ2n) is 16.6. The molecule has 51 heavy (non-hydrogen) atoms. The number of carbonyl (C=O) groups is 2. The Kier molecular flexibility index (Phi) is 10.1. The van der Waals surface area contributed by atoms with E-state index in [-0.39, 0.29) is 17.7 Å². The van der Waals surface area contributed by atoms with Gasteiger partial charge in [0.1, 0.15) is 0 Å². The van der Waals surface area contributed by atoms with Crippen molar-refractivity contribution >= 4 is 22.7 Å². The van der Waals surface area contributed by atoms with Gasteiger partial charge in [0.25, 0.3) is 5.91 Å². The Morgan fingerprint density at radius 3 is 2.31 bits per heavy atom. The lowest BCUT2D eigenvalue weighted by Gasteiger charge is -2.33. The predicted octanol–water partition coefficient (Wildman–Crippen LogP) is 8.57. The molecule has 7 nitrogen and oxygen atoms in total. The van der Waals surface area contributed by atoms with E-state index in [4.69, 9.17) is 0 Å². The number of hydrogen-bond donors (Lipinski definition) is 1. The first-order chi connectivity index (χ1) is 24.5. The number of aromatic nitrogens is 2. The molecule has 1 unspecified atom stereocenters. The Bertz CT molecular complexity index is 1860. The minimum Gasteiger partial charge on any atom is -0.354 e. The summed E-state index contributed by atoms with van der Waals surface area (Å²) in [5.74, 6) is 0.668. The van der Waals surface area contributed by atoms with E-state index in [1.54, 1.807) is 6.20 Å². The summed E-state index contributed by atoms with van der Waals surface area (Å²) in [7, 11) is 2.23. The van der Waals surface area contributed by atoms with Gasteiger partial charge >= 0.3 is 0 Å². The molecule has 0 saturated carbocycles. The summed E-state index contributed by atoms with van der Waals surface area (Å²) in [5, 5.41) is 1.23. The highest BCUT2D eigenvalue weighted by Crippen LogP contribution is 2.43. The summed E-state index contributed by atoms with van der Waals surface area (Å²) in [6.45, 7) is 14.6. The number of aromatic amines is 1. The quantitative estimate of drug-likeness (QED) is 0.152. The third-order valence-electron chi connectivity index (χ3n) is 12.1. The Labute approximate surface area is 304 Å². The average Bonchev–Trinajstić information content (AvgIpc) is 3.93. The van der Waals surface area contributed by atoms with Crippen LogP contribution in [0.3, 0.4) is 0 Å².